The fourth-order valence-electron chi connectivity index (χ4n) is 3.58. The van der Waals surface area contributed by atoms with Crippen molar-refractivity contribution < 1.29 is 0 Å². The number of hydrogen-bond acceptors (Lipinski definition) is 12. The summed E-state index contributed by atoms with van der Waals surface area (Å²) in [7, 11) is 5.89. The van der Waals surface area contributed by atoms with Crippen molar-refractivity contribution in [1.29, 1.82) is 0 Å². The van der Waals surface area contributed by atoms with Crippen molar-refractivity contribution >= 4 is 57.9 Å². The van der Waals surface area contributed by atoms with Crippen molar-refractivity contribution in [1.82, 2.24) is 15.5 Å². The standard InChI is InChI=1S/C21H30N10S2/c1-12-8-32-10-15(12)30(6)20-26-17(25-18(22)27-20)7-31(16-11-33-9-13(16)2)21-24-14(3)23-19(28-21)29(4)5/h8-11,14,17H,7H2,1-6H3,(H,23,24,28)(H3,22,25,26,27). The van der Waals surface area contributed by atoms with Crippen LogP contribution in [0.5, 0.6) is 0 Å². The van der Waals surface area contributed by atoms with Gasteiger partial charge in [0, 0.05) is 31.9 Å². The summed E-state index contributed by atoms with van der Waals surface area (Å²) in [6.07, 6.45) is -0.614. The zero-order chi connectivity index (χ0) is 23.7. The summed E-state index contributed by atoms with van der Waals surface area (Å²) in [5.41, 5.74) is 10.7. The van der Waals surface area contributed by atoms with Gasteiger partial charge in [-0.15, -0.1) is 22.7 Å². The SMILES string of the molecule is Cc1cscc1N(C)C1=NC(CN(C2=NC(C)N=C(N(C)C)N2)c2cscc2C)N=C(N)N1. The third-order valence-corrected chi connectivity index (χ3v) is 6.99. The monoisotopic (exact) mass is 486 g/mol. The fourth-order valence-corrected chi connectivity index (χ4v) is 5.28. The molecule has 0 fully saturated rings. The number of nitrogens with two attached hydrogens (primary N) is 1. The van der Waals surface area contributed by atoms with E-state index in [-0.39, 0.29) is 6.17 Å². The molecule has 0 spiro atoms. The van der Waals surface area contributed by atoms with Crippen LogP contribution in [0.3, 0.4) is 0 Å². The zero-order valence-corrected chi connectivity index (χ0v) is 21.3. The Labute approximate surface area is 202 Å². The summed E-state index contributed by atoms with van der Waals surface area (Å²) in [6.45, 7) is 6.62. The van der Waals surface area contributed by atoms with E-state index in [9.17, 15) is 0 Å². The molecule has 10 nitrogen and oxygen atoms in total. The molecular formula is C21H30N10S2. The molecule has 0 radical (unpaired) electrons. The molecule has 4 N–H and O–H groups in total. The number of anilines is 2. The third-order valence-electron chi connectivity index (χ3n) is 5.29. The van der Waals surface area contributed by atoms with Gasteiger partial charge in [-0.25, -0.2) is 20.0 Å². The first-order valence-electron chi connectivity index (χ1n) is 10.6. The summed E-state index contributed by atoms with van der Waals surface area (Å²) >= 11 is 3.31. The largest absolute Gasteiger partial charge is 0.370 e. The molecule has 4 rings (SSSR count). The molecule has 2 aromatic heterocycles. The number of guanidine groups is 4. The smallest absolute Gasteiger partial charge is 0.207 e. The molecule has 0 aromatic carbocycles. The number of rotatable bonds is 4. The molecule has 33 heavy (non-hydrogen) atoms. The van der Waals surface area contributed by atoms with E-state index >= 15 is 0 Å². The molecule has 0 aliphatic carbocycles. The quantitative estimate of drug-likeness (QED) is 0.611. The number of thiophene rings is 2. The molecule has 2 aliphatic heterocycles. The number of nitrogens with one attached hydrogen (secondary N) is 2. The molecule has 0 amide bonds. The molecule has 2 unspecified atom stereocenters. The van der Waals surface area contributed by atoms with Gasteiger partial charge in [0.1, 0.15) is 6.17 Å². The van der Waals surface area contributed by atoms with Gasteiger partial charge in [-0.2, -0.15) is 0 Å². The van der Waals surface area contributed by atoms with Crippen LogP contribution in [0.4, 0.5) is 11.4 Å². The van der Waals surface area contributed by atoms with Crippen LogP contribution in [0.2, 0.25) is 0 Å². The van der Waals surface area contributed by atoms with E-state index in [4.69, 9.17) is 15.7 Å². The Kier molecular flexibility index (Phi) is 6.56. The molecule has 0 bridgehead atoms. The molecule has 2 atom stereocenters. The lowest BCUT2D eigenvalue weighted by Gasteiger charge is -2.33. The summed E-state index contributed by atoms with van der Waals surface area (Å²) < 4.78 is 0. The second-order valence-corrected chi connectivity index (χ2v) is 9.67. The summed E-state index contributed by atoms with van der Waals surface area (Å²) in [5, 5.41) is 14.9. The second-order valence-electron chi connectivity index (χ2n) is 8.18. The highest BCUT2D eigenvalue weighted by molar-refractivity contribution is 7.08. The lowest BCUT2D eigenvalue weighted by Crippen LogP contribution is -2.54. The van der Waals surface area contributed by atoms with Gasteiger partial charge in [0.05, 0.1) is 17.9 Å². The first kappa shape index (κ1) is 23.1. The minimum Gasteiger partial charge on any atom is -0.370 e. The summed E-state index contributed by atoms with van der Waals surface area (Å²) in [4.78, 5) is 24.9. The minimum absolute atomic E-state index is 0.201. The Morgan fingerprint density at radius 2 is 1.48 bits per heavy atom. The van der Waals surface area contributed by atoms with Crippen molar-refractivity contribution in [2.45, 2.75) is 33.1 Å². The molecule has 0 saturated carbocycles. The maximum atomic E-state index is 6.18. The Morgan fingerprint density at radius 3 is 2.09 bits per heavy atom. The number of aliphatic imine (C=N–C) groups is 4. The van der Waals surface area contributed by atoms with Crippen LogP contribution in [0.1, 0.15) is 18.1 Å². The van der Waals surface area contributed by atoms with Crippen molar-refractivity contribution in [3.63, 3.8) is 0 Å². The molecule has 2 aromatic rings. The van der Waals surface area contributed by atoms with E-state index in [1.54, 1.807) is 22.7 Å². The van der Waals surface area contributed by atoms with Crippen LogP contribution in [-0.4, -0.2) is 68.8 Å². The number of aryl methyl sites for hydroxylation is 2. The molecular weight excluding hydrogens is 456 g/mol. The number of hydrogen-bond donors (Lipinski definition) is 3. The zero-order valence-electron chi connectivity index (χ0n) is 19.7. The molecule has 176 valence electrons. The van der Waals surface area contributed by atoms with Gasteiger partial charge in [0.15, 0.2) is 12.1 Å². The highest BCUT2D eigenvalue weighted by Gasteiger charge is 2.28. The van der Waals surface area contributed by atoms with Crippen molar-refractivity contribution in [2.24, 2.45) is 25.7 Å². The van der Waals surface area contributed by atoms with E-state index in [2.05, 4.69) is 60.9 Å². The lowest BCUT2D eigenvalue weighted by molar-refractivity contribution is 0.578. The fraction of sp³-hybridized carbons (Fsp3) is 0.429. The van der Waals surface area contributed by atoms with E-state index in [0.29, 0.717) is 24.4 Å². The summed E-state index contributed by atoms with van der Waals surface area (Å²) in [6, 6.07) is 0. The van der Waals surface area contributed by atoms with Crippen LogP contribution in [0, 0.1) is 13.8 Å². The summed E-state index contributed by atoms with van der Waals surface area (Å²) in [5.74, 6) is 2.48. The average molecular weight is 487 g/mol. The third kappa shape index (κ3) is 4.96. The molecule has 4 heterocycles. The van der Waals surface area contributed by atoms with E-state index in [1.807, 2.05) is 37.9 Å². The van der Waals surface area contributed by atoms with Gasteiger partial charge in [0.25, 0.3) is 0 Å². The topological polar surface area (TPSA) is 109 Å². The van der Waals surface area contributed by atoms with Crippen LogP contribution in [0.15, 0.2) is 41.5 Å². The second kappa shape index (κ2) is 9.40. The Morgan fingerprint density at radius 1 is 0.848 bits per heavy atom. The maximum Gasteiger partial charge on any atom is 0.207 e. The minimum atomic E-state index is -0.414. The van der Waals surface area contributed by atoms with Crippen molar-refractivity contribution in [3.8, 4) is 0 Å². The van der Waals surface area contributed by atoms with Gasteiger partial charge in [-0.05, 0) is 42.7 Å². The normalized spacial score (nSPS) is 20.1. The van der Waals surface area contributed by atoms with E-state index < -0.39 is 6.17 Å². The molecule has 2 aliphatic rings. The maximum absolute atomic E-state index is 6.18. The first-order valence-corrected chi connectivity index (χ1v) is 12.5. The van der Waals surface area contributed by atoms with Crippen molar-refractivity contribution in [3.05, 3.63) is 32.6 Å². The van der Waals surface area contributed by atoms with Crippen LogP contribution in [0.25, 0.3) is 0 Å². The van der Waals surface area contributed by atoms with Gasteiger partial charge in [-0.1, -0.05) is 0 Å². The Bertz CT molecular complexity index is 1130. The average Bonchev–Trinajstić information content (AvgIpc) is 3.38. The Hall–Kier alpha value is -3.12. The first-order chi connectivity index (χ1) is 15.7. The predicted octanol–water partition coefficient (Wildman–Crippen LogP) is 2.19. The van der Waals surface area contributed by atoms with Gasteiger partial charge in [-0.3, -0.25) is 10.6 Å². The van der Waals surface area contributed by atoms with Crippen LogP contribution >= 0.6 is 22.7 Å². The highest BCUT2D eigenvalue weighted by Crippen LogP contribution is 2.27. The molecule has 12 heteroatoms. The Balaban J connectivity index is 1.65. The van der Waals surface area contributed by atoms with Crippen LogP contribution < -0.4 is 26.2 Å². The predicted molar refractivity (Wildman–Crippen MR) is 141 cm³/mol. The van der Waals surface area contributed by atoms with E-state index in [1.165, 1.54) is 5.56 Å². The van der Waals surface area contributed by atoms with Gasteiger partial charge < -0.3 is 20.4 Å². The van der Waals surface area contributed by atoms with Gasteiger partial charge >= 0.3 is 0 Å². The van der Waals surface area contributed by atoms with Gasteiger partial charge in [0.2, 0.25) is 17.9 Å². The molecule has 0 saturated heterocycles. The van der Waals surface area contributed by atoms with E-state index in [0.717, 1.165) is 22.9 Å². The van der Waals surface area contributed by atoms with Crippen molar-refractivity contribution in [2.75, 3.05) is 37.5 Å². The lowest BCUT2D eigenvalue weighted by atomic mass is 10.2. The highest BCUT2D eigenvalue weighted by atomic mass is 32.1. The van der Waals surface area contributed by atoms with Crippen LogP contribution in [-0.2, 0) is 0 Å². The number of nitrogens with zero attached hydrogens (tertiary/aromatic N) is 7.